The largest absolute Gasteiger partial charge is 0.463 e. The van der Waals surface area contributed by atoms with Crippen LogP contribution < -0.4 is 5.32 Å². The number of hydrogen-bond donors (Lipinski definition) is 1. The molecule has 0 aliphatic carbocycles. The van der Waals surface area contributed by atoms with E-state index in [4.69, 9.17) is 4.42 Å². The van der Waals surface area contributed by atoms with Crippen LogP contribution in [0.4, 0.5) is 5.69 Å². The lowest BCUT2D eigenvalue weighted by atomic mass is 10.2. The molecule has 0 spiro atoms. The van der Waals surface area contributed by atoms with E-state index in [9.17, 15) is 4.79 Å². The summed E-state index contributed by atoms with van der Waals surface area (Å²) >= 11 is 0. The lowest BCUT2D eigenvalue weighted by Gasteiger charge is -2.08. The number of rotatable bonds is 4. The predicted octanol–water partition coefficient (Wildman–Crippen LogP) is 3.27. The van der Waals surface area contributed by atoms with E-state index in [1.165, 1.54) is 0 Å². The van der Waals surface area contributed by atoms with Crippen LogP contribution in [0.5, 0.6) is 0 Å². The Morgan fingerprint density at radius 2 is 2.17 bits per heavy atom. The first-order chi connectivity index (χ1) is 11.7. The second-order valence-electron chi connectivity index (χ2n) is 5.62. The molecule has 0 radical (unpaired) electrons. The summed E-state index contributed by atoms with van der Waals surface area (Å²) in [5.74, 6) is -0.167. The van der Waals surface area contributed by atoms with Crippen molar-refractivity contribution in [2.45, 2.75) is 6.54 Å². The summed E-state index contributed by atoms with van der Waals surface area (Å²) < 4.78 is 9.01. The molecule has 4 rings (SSSR count). The molecule has 0 atom stereocenters. The average Bonchev–Trinajstić information content (AvgIpc) is 3.27. The molecular formula is C18H16N4O2. The normalized spacial score (nSPS) is 11.0. The molecule has 0 fully saturated rings. The van der Waals surface area contributed by atoms with Gasteiger partial charge in [0.1, 0.15) is 5.69 Å². The molecule has 1 aromatic carbocycles. The number of nitrogens with zero attached hydrogens (tertiary/aromatic N) is 3. The van der Waals surface area contributed by atoms with Crippen LogP contribution in [0.15, 0.2) is 65.5 Å². The van der Waals surface area contributed by atoms with Crippen LogP contribution in [0.3, 0.4) is 0 Å². The maximum absolute atomic E-state index is 12.5. The van der Waals surface area contributed by atoms with Gasteiger partial charge in [0.05, 0.1) is 18.3 Å². The smallest absolute Gasteiger partial charge is 0.272 e. The minimum atomic E-state index is -0.167. The number of carbonyl (C=O) groups excluding carboxylic acids is 1. The molecular weight excluding hydrogens is 304 g/mol. The highest BCUT2D eigenvalue weighted by Crippen LogP contribution is 2.21. The number of benzene rings is 1. The van der Waals surface area contributed by atoms with Crippen LogP contribution in [0.2, 0.25) is 0 Å². The average molecular weight is 320 g/mol. The molecule has 0 unspecified atom stereocenters. The molecule has 0 saturated heterocycles. The van der Waals surface area contributed by atoms with Crippen molar-refractivity contribution in [3.63, 3.8) is 0 Å². The summed E-state index contributed by atoms with van der Waals surface area (Å²) in [6.07, 6.45) is 5.27. The van der Waals surface area contributed by atoms with Crippen molar-refractivity contribution in [2.75, 3.05) is 5.32 Å². The first-order valence-electron chi connectivity index (χ1n) is 7.61. The van der Waals surface area contributed by atoms with E-state index in [0.717, 1.165) is 16.8 Å². The fourth-order valence-corrected chi connectivity index (χ4v) is 2.79. The van der Waals surface area contributed by atoms with Crippen molar-refractivity contribution in [2.24, 2.45) is 7.05 Å². The third-order valence-corrected chi connectivity index (χ3v) is 3.99. The maximum Gasteiger partial charge on any atom is 0.272 e. The standard InChI is InChI=1S/C18H16N4O2/c1-21-15-6-9-24-17(15)11-16(21)18(23)20-14-5-2-4-13(10-14)12-22-8-3-7-19-22/h2-11H,12H2,1H3,(H,20,23). The van der Waals surface area contributed by atoms with Crippen molar-refractivity contribution in [1.29, 1.82) is 0 Å². The van der Waals surface area contributed by atoms with Gasteiger partial charge in [0.25, 0.3) is 5.91 Å². The van der Waals surface area contributed by atoms with E-state index >= 15 is 0 Å². The van der Waals surface area contributed by atoms with E-state index in [2.05, 4.69) is 10.4 Å². The van der Waals surface area contributed by atoms with Crippen molar-refractivity contribution in [3.05, 3.63) is 72.4 Å². The van der Waals surface area contributed by atoms with Gasteiger partial charge in [0, 0.05) is 37.3 Å². The molecule has 1 N–H and O–H groups in total. The van der Waals surface area contributed by atoms with E-state index in [0.29, 0.717) is 17.8 Å². The van der Waals surface area contributed by atoms with E-state index in [-0.39, 0.29) is 5.91 Å². The number of furan rings is 1. The van der Waals surface area contributed by atoms with Crippen LogP contribution in [-0.4, -0.2) is 20.3 Å². The zero-order valence-electron chi connectivity index (χ0n) is 13.1. The van der Waals surface area contributed by atoms with Crippen LogP contribution in [-0.2, 0) is 13.6 Å². The van der Waals surface area contributed by atoms with Gasteiger partial charge < -0.3 is 14.3 Å². The fourth-order valence-electron chi connectivity index (χ4n) is 2.79. The number of fused-ring (bicyclic) bond motifs is 1. The Labute approximate surface area is 138 Å². The maximum atomic E-state index is 12.5. The minimum absolute atomic E-state index is 0.167. The Morgan fingerprint density at radius 1 is 1.25 bits per heavy atom. The Balaban J connectivity index is 1.55. The zero-order valence-corrected chi connectivity index (χ0v) is 13.1. The van der Waals surface area contributed by atoms with Crippen LogP contribution in [0, 0.1) is 0 Å². The molecule has 3 heterocycles. The second-order valence-corrected chi connectivity index (χ2v) is 5.62. The molecule has 1 amide bonds. The summed E-state index contributed by atoms with van der Waals surface area (Å²) in [4.78, 5) is 12.5. The number of aryl methyl sites for hydroxylation is 1. The highest BCUT2D eigenvalue weighted by Gasteiger charge is 2.15. The lowest BCUT2D eigenvalue weighted by Crippen LogP contribution is -2.15. The van der Waals surface area contributed by atoms with Crippen molar-refractivity contribution in [3.8, 4) is 0 Å². The Bertz CT molecular complexity index is 995. The molecule has 6 heteroatoms. The highest BCUT2D eigenvalue weighted by atomic mass is 16.3. The molecule has 6 nitrogen and oxygen atoms in total. The first kappa shape index (κ1) is 14.3. The fraction of sp³-hybridized carbons (Fsp3) is 0.111. The first-order valence-corrected chi connectivity index (χ1v) is 7.61. The topological polar surface area (TPSA) is 65.0 Å². The van der Waals surface area contributed by atoms with Gasteiger partial charge in [-0.05, 0) is 23.8 Å². The summed E-state index contributed by atoms with van der Waals surface area (Å²) in [5.41, 5.74) is 3.98. The van der Waals surface area contributed by atoms with Crippen LogP contribution in [0.1, 0.15) is 16.1 Å². The van der Waals surface area contributed by atoms with Crippen molar-refractivity contribution in [1.82, 2.24) is 14.3 Å². The number of nitrogens with one attached hydrogen (secondary N) is 1. The second kappa shape index (κ2) is 5.73. The third-order valence-electron chi connectivity index (χ3n) is 3.99. The summed E-state index contributed by atoms with van der Waals surface area (Å²) in [5, 5.41) is 7.13. The molecule has 0 bridgehead atoms. The molecule has 0 aliphatic rings. The van der Waals surface area contributed by atoms with E-state index in [1.54, 1.807) is 18.5 Å². The Morgan fingerprint density at radius 3 is 2.96 bits per heavy atom. The third kappa shape index (κ3) is 2.58. The van der Waals surface area contributed by atoms with Crippen LogP contribution >= 0.6 is 0 Å². The number of anilines is 1. The molecule has 3 aromatic heterocycles. The summed E-state index contributed by atoms with van der Waals surface area (Å²) in [6.45, 7) is 0.661. The summed E-state index contributed by atoms with van der Waals surface area (Å²) in [7, 11) is 1.85. The van der Waals surface area contributed by atoms with Gasteiger partial charge in [-0.15, -0.1) is 0 Å². The minimum Gasteiger partial charge on any atom is -0.463 e. The molecule has 0 saturated carbocycles. The van der Waals surface area contributed by atoms with Gasteiger partial charge in [-0.3, -0.25) is 9.48 Å². The molecule has 4 aromatic rings. The van der Waals surface area contributed by atoms with Crippen molar-refractivity contribution < 1.29 is 9.21 Å². The van der Waals surface area contributed by atoms with E-state index < -0.39 is 0 Å². The monoisotopic (exact) mass is 320 g/mol. The zero-order chi connectivity index (χ0) is 16.5. The Hall–Kier alpha value is -3.28. The van der Waals surface area contributed by atoms with Gasteiger partial charge >= 0.3 is 0 Å². The van der Waals surface area contributed by atoms with Gasteiger partial charge in [-0.2, -0.15) is 5.10 Å². The number of aromatic nitrogens is 3. The molecule has 24 heavy (non-hydrogen) atoms. The SMILES string of the molecule is Cn1c(C(=O)Nc2cccc(Cn3cccn3)c2)cc2occc21. The lowest BCUT2D eigenvalue weighted by molar-refractivity contribution is 0.101. The van der Waals surface area contributed by atoms with Crippen LogP contribution in [0.25, 0.3) is 11.1 Å². The number of carbonyl (C=O) groups is 1. The molecule has 0 aliphatic heterocycles. The van der Waals surface area contributed by atoms with Crippen molar-refractivity contribution >= 4 is 22.7 Å². The van der Waals surface area contributed by atoms with Gasteiger partial charge in [0.2, 0.25) is 0 Å². The number of hydrogen-bond acceptors (Lipinski definition) is 3. The molecule has 120 valence electrons. The Kier molecular flexibility index (Phi) is 3.42. The quantitative estimate of drug-likeness (QED) is 0.627. The van der Waals surface area contributed by atoms with Gasteiger partial charge in [-0.25, -0.2) is 0 Å². The highest BCUT2D eigenvalue weighted by molar-refractivity contribution is 6.05. The van der Waals surface area contributed by atoms with Gasteiger partial charge in [-0.1, -0.05) is 12.1 Å². The van der Waals surface area contributed by atoms with E-state index in [1.807, 2.05) is 58.9 Å². The predicted molar refractivity (Wildman–Crippen MR) is 90.9 cm³/mol. The van der Waals surface area contributed by atoms with Gasteiger partial charge in [0.15, 0.2) is 5.58 Å². The summed E-state index contributed by atoms with van der Waals surface area (Å²) in [6, 6.07) is 13.2. The number of amides is 1.